The number of carbonyl (C=O) groups excluding carboxylic acids is 1. The molecule has 1 amide bonds. The fourth-order valence-electron chi connectivity index (χ4n) is 1.72. The number of rotatable bonds is 4. The first-order valence-corrected chi connectivity index (χ1v) is 7.20. The van der Waals surface area contributed by atoms with Gasteiger partial charge in [-0.1, -0.05) is 46.3 Å². The van der Waals surface area contributed by atoms with Gasteiger partial charge < -0.3 is 5.32 Å². The highest BCUT2D eigenvalue weighted by atomic mass is 79.9. The molecule has 0 aromatic heterocycles. The summed E-state index contributed by atoms with van der Waals surface area (Å²) < 4.78 is 0.991. The summed E-state index contributed by atoms with van der Waals surface area (Å²) in [6.45, 7) is 0.491. The van der Waals surface area contributed by atoms with E-state index in [9.17, 15) is 4.79 Å². The molecule has 2 rings (SSSR count). The summed E-state index contributed by atoms with van der Waals surface area (Å²) in [5, 5.41) is 2.90. The van der Waals surface area contributed by atoms with Crippen molar-refractivity contribution < 1.29 is 4.79 Å². The molecule has 0 bridgehead atoms. The van der Waals surface area contributed by atoms with E-state index < -0.39 is 0 Å². The van der Waals surface area contributed by atoms with Crippen molar-refractivity contribution in [2.24, 2.45) is 0 Å². The van der Waals surface area contributed by atoms with Gasteiger partial charge in [0.15, 0.2) is 0 Å². The van der Waals surface area contributed by atoms with E-state index in [1.54, 1.807) is 6.07 Å². The number of benzene rings is 2. The third-order valence-electron chi connectivity index (χ3n) is 2.74. The maximum atomic E-state index is 12.0. The topological polar surface area (TPSA) is 29.1 Å². The summed E-state index contributed by atoms with van der Waals surface area (Å²) in [7, 11) is 0. The quantitative estimate of drug-likeness (QED) is 0.835. The minimum Gasteiger partial charge on any atom is -0.348 e. The Morgan fingerprint density at radius 1 is 1.16 bits per heavy atom. The Morgan fingerprint density at radius 3 is 2.68 bits per heavy atom. The van der Waals surface area contributed by atoms with Crippen LogP contribution in [0, 0.1) is 0 Å². The molecule has 0 aliphatic rings. The zero-order valence-corrected chi connectivity index (χ0v) is 12.5. The van der Waals surface area contributed by atoms with Gasteiger partial charge in [-0.05, 0) is 29.3 Å². The summed E-state index contributed by atoms with van der Waals surface area (Å²) in [6.07, 6.45) is 0. The summed E-state index contributed by atoms with van der Waals surface area (Å²) in [5.74, 6) is 0.313. The van der Waals surface area contributed by atoms with Crippen LogP contribution in [0.2, 0.25) is 0 Å². The van der Waals surface area contributed by atoms with Crippen LogP contribution in [0.15, 0.2) is 53.0 Å². The van der Waals surface area contributed by atoms with E-state index in [1.807, 2.05) is 42.5 Å². The summed E-state index contributed by atoms with van der Waals surface area (Å²) in [4.78, 5) is 12.0. The lowest BCUT2D eigenvalue weighted by atomic mass is 10.1. The molecule has 0 saturated heterocycles. The molecule has 0 radical (unpaired) electrons. The molecule has 0 atom stereocenters. The maximum absolute atomic E-state index is 12.0. The Labute approximate surface area is 125 Å². The van der Waals surface area contributed by atoms with Crippen molar-refractivity contribution in [3.8, 4) is 0 Å². The molecule has 98 valence electrons. The van der Waals surface area contributed by atoms with Gasteiger partial charge in [0.1, 0.15) is 0 Å². The highest BCUT2D eigenvalue weighted by Crippen LogP contribution is 2.15. The third kappa shape index (κ3) is 3.82. The molecule has 0 heterocycles. The zero-order chi connectivity index (χ0) is 13.7. The molecule has 0 aliphatic heterocycles. The monoisotopic (exact) mass is 337 g/mol. The lowest BCUT2D eigenvalue weighted by molar-refractivity contribution is 0.0951. The number of hydrogen-bond acceptors (Lipinski definition) is 1. The van der Waals surface area contributed by atoms with Crippen LogP contribution in [0.3, 0.4) is 0 Å². The van der Waals surface area contributed by atoms with E-state index in [1.165, 1.54) is 0 Å². The van der Waals surface area contributed by atoms with Crippen molar-refractivity contribution in [1.82, 2.24) is 5.32 Å². The van der Waals surface area contributed by atoms with Crippen molar-refractivity contribution in [2.75, 3.05) is 0 Å². The molecule has 0 spiro atoms. The van der Waals surface area contributed by atoms with E-state index in [0.29, 0.717) is 18.0 Å². The van der Waals surface area contributed by atoms with Gasteiger partial charge in [-0.15, -0.1) is 11.6 Å². The predicted molar refractivity (Wildman–Crippen MR) is 81.3 cm³/mol. The number of halogens is 2. The molecule has 2 nitrogen and oxygen atoms in total. The zero-order valence-electron chi connectivity index (χ0n) is 10.2. The van der Waals surface area contributed by atoms with Gasteiger partial charge in [-0.3, -0.25) is 4.79 Å². The average Bonchev–Trinajstić information content (AvgIpc) is 2.46. The molecule has 0 fully saturated rings. The van der Waals surface area contributed by atoms with Crippen molar-refractivity contribution in [3.63, 3.8) is 0 Å². The van der Waals surface area contributed by atoms with Gasteiger partial charge in [0.05, 0.1) is 0 Å². The van der Waals surface area contributed by atoms with Gasteiger partial charge in [0.2, 0.25) is 0 Å². The largest absolute Gasteiger partial charge is 0.348 e. The van der Waals surface area contributed by atoms with Crippen LogP contribution >= 0.6 is 27.5 Å². The molecular weight excluding hydrogens is 326 g/mol. The second-order valence-electron chi connectivity index (χ2n) is 4.11. The molecule has 19 heavy (non-hydrogen) atoms. The van der Waals surface area contributed by atoms with Crippen LogP contribution in [0.4, 0.5) is 0 Å². The van der Waals surface area contributed by atoms with Crippen molar-refractivity contribution in [2.45, 2.75) is 12.4 Å². The maximum Gasteiger partial charge on any atom is 0.251 e. The second kappa shape index (κ2) is 6.73. The fourth-order valence-corrected chi connectivity index (χ4v) is 2.31. The van der Waals surface area contributed by atoms with Gasteiger partial charge in [0.25, 0.3) is 5.91 Å². The highest BCUT2D eigenvalue weighted by Gasteiger charge is 2.06. The van der Waals surface area contributed by atoms with Crippen molar-refractivity contribution in [1.29, 1.82) is 0 Å². The summed E-state index contributed by atoms with van der Waals surface area (Å²) in [5.41, 5.74) is 2.62. The highest BCUT2D eigenvalue weighted by molar-refractivity contribution is 9.10. The molecule has 0 unspecified atom stereocenters. The van der Waals surface area contributed by atoms with Crippen molar-refractivity contribution in [3.05, 3.63) is 69.7 Å². The smallest absolute Gasteiger partial charge is 0.251 e. The fraction of sp³-hybridized carbons (Fsp3) is 0.133. The predicted octanol–water partition coefficient (Wildman–Crippen LogP) is 4.12. The lowest BCUT2D eigenvalue weighted by Gasteiger charge is -2.07. The lowest BCUT2D eigenvalue weighted by Crippen LogP contribution is -2.23. The van der Waals surface area contributed by atoms with Gasteiger partial charge in [-0.25, -0.2) is 0 Å². The van der Waals surface area contributed by atoms with E-state index >= 15 is 0 Å². The van der Waals surface area contributed by atoms with Crippen molar-refractivity contribution >= 4 is 33.4 Å². The first-order chi connectivity index (χ1) is 9.20. The van der Waals surface area contributed by atoms with E-state index in [2.05, 4.69) is 21.2 Å². The minimum atomic E-state index is -0.0947. The first-order valence-electron chi connectivity index (χ1n) is 5.87. The Hall–Kier alpha value is -1.32. The van der Waals surface area contributed by atoms with Crippen LogP contribution in [0.1, 0.15) is 21.5 Å². The normalized spacial score (nSPS) is 10.2. The molecule has 2 aromatic rings. The van der Waals surface area contributed by atoms with E-state index in [0.717, 1.165) is 15.6 Å². The average molecular weight is 339 g/mol. The molecular formula is C15H13BrClNO. The van der Waals surface area contributed by atoms with E-state index in [4.69, 9.17) is 11.6 Å². The second-order valence-corrected chi connectivity index (χ2v) is 5.23. The van der Waals surface area contributed by atoms with Crippen LogP contribution in [-0.4, -0.2) is 5.91 Å². The van der Waals surface area contributed by atoms with Crippen LogP contribution < -0.4 is 5.32 Å². The first kappa shape index (κ1) is 14.1. The number of amides is 1. The van der Waals surface area contributed by atoms with Crippen LogP contribution in [0.5, 0.6) is 0 Å². The van der Waals surface area contributed by atoms with Gasteiger partial charge in [0, 0.05) is 22.5 Å². The number of alkyl halides is 1. The van der Waals surface area contributed by atoms with Crippen LogP contribution in [0.25, 0.3) is 0 Å². The standard InChI is InChI=1S/C15H13BrClNO/c16-14-7-2-1-5-13(14)10-18-15(19)12-6-3-4-11(8-12)9-17/h1-8H,9-10H2,(H,18,19). The Morgan fingerprint density at radius 2 is 1.95 bits per heavy atom. The minimum absolute atomic E-state index is 0.0947. The molecule has 0 saturated carbocycles. The summed E-state index contributed by atoms with van der Waals surface area (Å²) >= 11 is 9.22. The third-order valence-corrected chi connectivity index (χ3v) is 3.82. The Kier molecular flexibility index (Phi) is 5.00. The van der Waals surface area contributed by atoms with E-state index in [-0.39, 0.29) is 5.91 Å². The van der Waals surface area contributed by atoms with Gasteiger partial charge >= 0.3 is 0 Å². The molecule has 0 aliphatic carbocycles. The van der Waals surface area contributed by atoms with Crippen LogP contribution in [-0.2, 0) is 12.4 Å². The van der Waals surface area contributed by atoms with Gasteiger partial charge in [-0.2, -0.15) is 0 Å². The Bertz CT molecular complexity index is 586. The number of nitrogens with one attached hydrogen (secondary N) is 1. The SMILES string of the molecule is O=C(NCc1ccccc1Br)c1cccc(CCl)c1. The molecule has 2 aromatic carbocycles. The molecule has 1 N–H and O–H groups in total. The number of hydrogen-bond donors (Lipinski definition) is 1. The summed E-state index contributed by atoms with van der Waals surface area (Å²) in [6, 6.07) is 15.1. The number of carbonyl (C=O) groups is 1. The molecule has 4 heteroatoms. The Balaban J connectivity index is 2.03.